The maximum atomic E-state index is 4.54. The molecule has 0 saturated heterocycles. The topological polar surface area (TPSA) is 37.8 Å². The van der Waals surface area contributed by atoms with Crippen molar-refractivity contribution in [2.45, 2.75) is 39.7 Å². The lowest BCUT2D eigenvalue weighted by Crippen LogP contribution is -2.33. The standard InChI is InChI=1S/C13H19N3S2/c1-4-14-11(5-12-7-17-9(2)15-12)6-13-8-18-10(3)16-13/h7-8,11,14H,4-6H2,1-3H3. The highest BCUT2D eigenvalue weighted by Crippen LogP contribution is 2.14. The Bertz CT molecular complexity index is 448. The van der Waals surface area contributed by atoms with Crippen molar-refractivity contribution >= 4 is 22.7 Å². The Labute approximate surface area is 116 Å². The van der Waals surface area contributed by atoms with E-state index in [9.17, 15) is 0 Å². The molecule has 98 valence electrons. The summed E-state index contributed by atoms with van der Waals surface area (Å²) in [7, 11) is 0. The molecule has 18 heavy (non-hydrogen) atoms. The Morgan fingerprint density at radius 3 is 1.89 bits per heavy atom. The van der Waals surface area contributed by atoms with E-state index in [1.807, 2.05) is 0 Å². The molecule has 0 aromatic carbocycles. The minimum atomic E-state index is 0.429. The summed E-state index contributed by atoms with van der Waals surface area (Å²) in [4.78, 5) is 9.08. The van der Waals surface area contributed by atoms with Gasteiger partial charge in [0, 0.05) is 29.6 Å². The first-order valence-corrected chi connectivity index (χ1v) is 7.98. The summed E-state index contributed by atoms with van der Waals surface area (Å²) in [6.45, 7) is 7.24. The van der Waals surface area contributed by atoms with Gasteiger partial charge in [0.1, 0.15) is 0 Å². The van der Waals surface area contributed by atoms with Gasteiger partial charge in [-0.2, -0.15) is 0 Å². The number of nitrogens with zero attached hydrogens (tertiary/aromatic N) is 2. The van der Waals surface area contributed by atoms with E-state index >= 15 is 0 Å². The fraction of sp³-hybridized carbons (Fsp3) is 0.538. The monoisotopic (exact) mass is 281 g/mol. The van der Waals surface area contributed by atoms with Crippen LogP contribution in [0.15, 0.2) is 10.8 Å². The molecule has 0 aliphatic heterocycles. The number of aryl methyl sites for hydroxylation is 2. The predicted molar refractivity (Wildman–Crippen MR) is 78.6 cm³/mol. The van der Waals surface area contributed by atoms with Crippen LogP contribution in [-0.4, -0.2) is 22.6 Å². The van der Waals surface area contributed by atoms with Gasteiger partial charge in [-0.1, -0.05) is 6.92 Å². The smallest absolute Gasteiger partial charge is 0.0897 e. The van der Waals surface area contributed by atoms with Crippen molar-refractivity contribution in [1.29, 1.82) is 0 Å². The van der Waals surface area contributed by atoms with Crippen LogP contribution in [-0.2, 0) is 12.8 Å². The van der Waals surface area contributed by atoms with E-state index in [0.29, 0.717) is 6.04 Å². The lowest BCUT2D eigenvalue weighted by molar-refractivity contribution is 0.513. The lowest BCUT2D eigenvalue weighted by Gasteiger charge is -2.15. The van der Waals surface area contributed by atoms with Gasteiger partial charge in [-0.05, 0) is 20.4 Å². The molecule has 0 unspecified atom stereocenters. The van der Waals surface area contributed by atoms with Crippen LogP contribution in [0.5, 0.6) is 0 Å². The van der Waals surface area contributed by atoms with Crippen molar-refractivity contribution in [3.8, 4) is 0 Å². The van der Waals surface area contributed by atoms with Gasteiger partial charge >= 0.3 is 0 Å². The van der Waals surface area contributed by atoms with Crippen LogP contribution in [0.2, 0.25) is 0 Å². The number of thiazole rings is 2. The fourth-order valence-electron chi connectivity index (χ4n) is 2.01. The molecular formula is C13H19N3S2. The molecule has 2 rings (SSSR count). The van der Waals surface area contributed by atoms with E-state index < -0.39 is 0 Å². The zero-order valence-electron chi connectivity index (χ0n) is 11.1. The molecule has 2 aromatic rings. The second-order valence-electron chi connectivity index (χ2n) is 4.38. The Balaban J connectivity index is 1.99. The second kappa shape index (κ2) is 6.41. The summed E-state index contributed by atoms with van der Waals surface area (Å²) >= 11 is 3.44. The van der Waals surface area contributed by atoms with E-state index in [2.05, 4.69) is 46.8 Å². The SMILES string of the molecule is CCNC(Cc1csc(C)n1)Cc1csc(C)n1. The molecule has 0 radical (unpaired) electrons. The van der Waals surface area contributed by atoms with Crippen molar-refractivity contribution in [1.82, 2.24) is 15.3 Å². The van der Waals surface area contributed by atoms with Gasteiger partial charge in [0.05, 0.1) is 21.4 Å². The molecule has 0 spiro atoms. The first-order valence-electron chi connectivity index (χ1n) is 6.22. The number of nitrogens with one attached hydrogen (secondary N) is 1. The number of hydrogen-bond donors (Lipinski definition) is 1. The summed E-state index contributed by atoms with van der Waals surface area (Å²) in [5, 5.41) is 10.1. The zero-order chi connectivity index (χ0) is 13.0. The van der Waals surface area contributed by atoms with Crippen molar-refractivity contribution in [2.24, 2.45) is 0 Å². The normalized spacial score (nSPS) is 11.3. The summed E-state index contributed by atoms with van der Waals surface area (Å²) < 4.78 is 0. The second-order valence-corrected chi connectivity index (χ2v) is 6.50. The highest BCUT2D eigenvalue weighted by molar-refractivity contribution is 7.09. The molecule has 0 saturated carbocycles. The van der Waals surface area contributed by atoms with E-state index in [-0.39, 0.29) is 0 Å². The fourth-order valence-corrected chi connectivity index (χ4v) is 3.27. The van der Waals surface area contributed by atoms with Gasteiger partial charge in [-0.15, -0.1) is 22.7 Å². The molecule has 3 nitrogen and oxygen atoms in total. The molecule has 0 atom stereocenters. The molecule has 0 amide bonds. The van der Waals surface area contributed by atoms with Crippen LogP contribution in [0.3, 0.4) is 0 Å². The Morgan fingerprint density at radius 2 is 1.56 bits per heavy atom. The van der Waals surface area contributed by atoms with Crippen LogP contribution in [0.4, 0.5) is 0 Å². The minimum Gasteiger partial charge on any atom is -0.313 e. The first-order chi connectivity index (χ1) is 8.67. The molecule has 2 aromatic heterocycles. The summed E-state index contributed by atoms with van der Waals surface area (Å²) in [6, 6.07) is 0.429. The number of hydrogen-bond acceptors (Lipinski definition) is 5. The molecule has 0 aliphatic rings. The number of rotatable bonds is 6. The van der Waals surface area contributed by atoms with Crippen LogP contribution in [0, 0.1) is 13.8 Å². The lowest BCUT2D eigenvalue weighted by atomic mass is 10.1. The molecule has 0 aliphatic carbocycles. The van der Waals surface area contributed by atoms with Crippen LogP contribution >= 0.6 is 22.7 Å². The Morgan fingerprint density at radius 1 is 1.06 bits per heavy atom. The Kier molecular flexibility index (Phi) is 4.86. The zero-order valence-corrected chi connectivity index (χ0v) is 12.7. The van der Waals surface area contributed by atoms with Crippen molar-refractivity contribution in [2.75, 3.05) is 6.54 Å². The van der Waals surface area contributed by atoms with E-state index in [4.69, 9.17) is 0 Å². The summed E-state index contributed by atoms with van der Waals surface area (Å²) in [5.41, 5.74) is 2.38. The third-order valence-electron chi connectivity index (χ3n) is 2.74. The highest BCUT2D eigenvalue weighted by atomic mass is 32.1. The van der Waals surface area contributed by atoms with E-state index in [1.165, 1.54) is 11.4 Å². The minimum absolute atomic E-state index is 0.429. The third kappa shape index (κ3) is 3.86. The van der Waals surface area contributed by atoms with Gasteiger partial charge in [0.2, 0.25) is 0 Å². The molecule has 1 N–H and O–H groups in total. The quantitative estimate of drug-likeness (QED) is 0.884. The van der Waals surface area contributed by atoms with Crippen molar-refractivity contribution < 1.29 is 0 Å². The number of aromatic nitrogens is 2. The number of likely N-dealkylation sites (N-methyl/N-ethyl adjacent to an activating group) is 1. The first kappa shape index (κ1) is 13.6. The average molecular weight is 281 g/mol. The Hall–Kier alpha value is -0.780. The van der Waals surface area contributed by atoms with E-state index in [0.717, 1.165) is 29.4 Å². The summed E-state index contributed by atoms with van der Waals surface area (Å²) in [5.74, 6) is 0. The molecular weight excluding hydrogens is 262 g/mol. The molecule has 0 fully saturated rings. The average Bonchev–Trinajstić information content (AvgIpc) is 2.89. The molecule has 2 heterocycles. The van der Waals surface area contributed by atoms with Crippen LogP contribution in [0.1, 0.15) is 28.3 Å². The largest absolute Gasteiger partial charge is 0.313 e. The highest BCUT2D eigenvalue weighted by Gasteiger charge is 2.13. The van der Waals surface area contributed by atoms with Crippen LogP contribution < -0.4 is 5.32 Å². The van der Waals surface area contributed by atoms with Crippen molar-refractivity contribution in [3.63, 3.8) is 0 Å². The van der Waals surface area contributed by atoms with Crippen molar-refractivity contribution in [3.05, 3.63) is 32.2 Å². The van der Waals surface area contributed by atoms with Crippen LogP contribution in [0.25, 0.3) is 0 Å². The van der Waals surface area contributed by atoms with Gasteiger partial charge < -0.3 is 5.32 Å². The van der Waals surface area contributed by atoms with Gasteiger partial charge in [-0.25, -0.2) is 9.97 Å². The molecule has 5 heteroatoms. The summed E-state index contributed by atoms with van der Waals surface area (Å²) in [6.07, 6.45) is 1.96. The van der Waals surface area contributed by atoms with Gasteiger partial charge in [0.15, 0.2) is 0 Å². The maximum Gasteiger partial charge on any atom is 0.0897 e. The molecule has 0 bridgehead atoms. The predicted octanol–water partition coefficient (Wildman–Crippen LogP) is 2.98. The maximum absolute atomic E-state index is 4.54. The third-order valence-corrected chi connectivity index (χ3v) is 4.38. The van der Waals surface area contributed by atoms with Gasteiger partial charge in [0.25, 0.3) is 0 Å². The van der Waals surface area contributed by atoms with E-state index in [1.54, 1.807) is 22.7 Å². The van der Waals surface area contributed by atoms with Gasteiger partial charge in [-0.3, -0.25) is 0 Å².